The summed E-state index contributed by atoms with van der Waals surface area (Å²) in [4.78, 5) is 27.8. The second-order valence-electron chi connectivity index (χ2n) is 5.45. The number of phenols is 1. The van der Waals surface area contributed by atoms with E-state index in [-0.39, 0.29) is 18.2 Å². The van der Waals surface area contributed by atoms with Gasteiger partial charge in [-0.05, 0) is 17.7 Å². The van der Waals surface area contributed by atoms with E-state index < -0.39 is 11.8 Å². The summed E-state index contributed by atoms with van der Waals surface area (Å²) >= 11 is 0. The predicted octanol–water partition coefficient (Wildman–Crippen LogP) is 1.62. The van der Waals surface area contributed by atoms with Crippen LogP contribution in [0.5, 0.6) is 5.75 Å². The standard InChI is InChI=1S/C18H16N4O4/c23-14-8-4-7-13(10-14)20-18(25)17(24)19-11-16-21-15(22-26-16)9-12-5-2-1-3-6-12/h1-8,10,23H,9,11H2,(H,19,24)(H,20,25). The van der Waals surface area contributed by atoms with Crippen molar-refractivity contribution in [3.63, 3.8) is 0 Å². The number of amides is 2. The number of hydrogen-bond donors (Lipinski definition) is 3. The molecule has 3 N–H and O–H groups in total. The van der Waals surface area contributed by atoms with Gasteiger partial charge in [-0.3, -0.25) is 9.59 Å². The van der Waals surface area contributed by atoms with Gasteiger partial charge in [-0.25, -0.2) is 0 Å². The van der Waals surface area contributed by atoms with E-state index in [1.807, 2.05) is 30.3 Å². The molecule has 3 rings (SSSR count). The van der Waals surface area contributed by atoms with E-state index in [4.69, 9.17) is 4.52 Å². The van der Waals surface area contributed by atoms with Gasteiger partial charge in [-0.2, -0.15) is 4.98 Å². The molecule has 0 saturated heterocycles. The number of aromatic hydroxyl groups is 1. The Hall–Kier alpha value is -3.68. The van der Waals surface area contributed by atoms with Crippen LogP contribution in [0.15, 0.2) is 59.1 Å². The summed E-state index contributed by atoms with van der Waals surface area (Å²) in [6, 6.07) is 15.5. The van der Waals surface area contributed by atoms with Crippen molar-refractivity contribution in [2.75, 3.05) is 5.32 Å². The minimum atomic E-state index is -0.861. The number of benzene rings is 2. The molecule has 0 saturated carbocycles. The Morgan fingerprint density at radius 1 is 1.04 bits per heavy atom. The summed E-state index contributed by atoms with van der Waals surface area (Å²) < 4.78 is 5.06. The number of aromatic nitrogens is 2. The highest BCUT2D eigenvalue weighted by Crippen LogP contribution is 2.15. The third-order valence-electron chi connectivity index (χ3n) is 3.43. The summed E-state index contributed by atoms with van der Waals surface area (Å²) in [5, 5.41) is 18.0. The lowest BCUT2D eigenvalue weighted by Crippen LogP contribution is -2.35. The fourth-order valence-corrected chi connectivity index (χ4v) is 2.22. The van der Waals surface area contributed by atoms with Gasteiger partial charge in [0, 0.05) is 18.2 Å². The van der Waals surface area contributed by atoms with Crippen molar-refractivity contribution in [1.29, 1.82) is 0 Å². The minimum absolute atomic E-state index is 0.0139. The molecule has 0 aliphatic rings. The van der Waals surface area contributed by atoms with Crippen molar-refractivity contribution < 1.29 is 19.2 Å². The Balaban J connectivity index is 1.50. The van der Waals surface area contributed by atoms with Crippen molar-refractivity contribution in [2.24, 2.45) is 0 Å². The lowest BCUT2D eigenvalue weighted by molar-refractivity contribution is -0.136. The van der Waals surface area contributed by atoms with E-state index in [0.717, 1.165) is 5.56 Å². The van der Waals surface area contributed by atoms with Crippen LogP contribution in [0.25, 0.3) is 0 Å². The van der Waals surface area contributed by atoms with Gasteiger partial charge >= 0.3 is 11.8 Å². The molecular weight excluding hydrogens is 336 g/mol. The topological polar surface area (TPSA) is 117 Å². The average Bonchev–Trinajstić information content (AvgIpc) is 3.08. The molecular formula is C18H16N4O4. The molecule has 8 nitrogen and oxygen atoms in total. The molecule has 0 spiro atoms. The average molecular weight is 352 g/mol. The predicted molar refractivity (Wildman–Crippen MR) is 92.1 cm³/mol. The molecule has 2 amide bonds. The highest BCUT2D eigenvalue weighted by molar-refractivity contribution is 6.39. The molecule has 0 unspecified atom stereocenters. The smallest absolute Gasteiger partial charge is 0.313 e. The molecule has 3 aromatic rings. The molecule has 0 radical (unpaired) electrons. The Labute approximate surface area is 148 Å². The monoisotopic (exact) mass is 352 g/mol. The van der Waals surface area contributed by atoms with Crippen molar-refractivity contribution in [1.82, 2.24) is 15.5 Å². The number of carbonyl (C=O) groups is 2. The maximum atomic E-state index is 11.8. The number of hydrogen-bond acceptors (Lipinski definition) is 6. The number of carbonyl (C=O) groups excluding carboxylic acids is 2. The Morgan fingerprint density at radius 2 is 1.85 bits per heavy atom. The van der Waals surface area contributed by atoms with E-state index in [1.54, 1.807) is 12.1 Å². The number of rotatable bonds is 5. The van der Waals surface area contributed by atoms with Crippen LogP contribution >= 0.6 is 0 Å². The van der Waals surface area contributed by atoms with E-state index in [9.17, 15) is 14.7 Å². The summed E-state index contributed by atoms with van der Waals surface area (Å²) in [5.41, 5.74) is 1.35. The van der Waals surface area contributed by atoms with Crippen LogP contribution in [-0.2, 0) is 22.6 Å². The lowest BCUT2D eigenvalue weighted by atomic mass is 10.1. The third-order valence-corrected chi connectivity index (χ3v) is 3.43. The van der Waals surface area contributed by atoms with Crippen LogP contribution in [0.4, 0.5) is 5.69 Å². The molecule has 1 heterocycles. The first-order valence-corrected chi connectivity index (χ1v) is 7.84. The molecule has 8 heteroatoms. The van der Waals surface area contributed by atoms with Crippen LogP contribution < -0.4 is 10.6 Å². The zero-order chi connectivity index (χ0) is 18.4. The molecule has 2 aromatic carbocycles. The van der Waals surface area contributed by atoms with Gasteiger partial charge in [0.25, 0.3) is 0 Å². The number of nitrogens with one attached hydrogen (secondary N) is 2. The molecule has 26 heavy (non-hydrogen) atoms. The first-order chi connectivity index (χ1) is 12.6. The van der Waals surface area contributed by atoms with Crippen LogP contribution in [0.1, 0.15) is 17.3 Å². The van der Waals surface area contributed by atoms with Crippen LogP contribution in [0.3, 0.4) is 0 Å². The van der Waals surface area contributed by atoms with Gasteiger partial charge in [-0.1, -0.05) is 41.6 Å². The molecule has 0 aliphatic heterocycles. The van der Waals surface area contributed by atoms with Gasteiger partial charge < -0.3 is 20.3 Å². The molecule has 0 fully saturated rings. The second-order valence-corrected chi connectivity index (χ2v) is 5.45. The molecule has 1 aromatic heterocycles. The number of nitrogens with zero attached hydrogens (tertiary/aromatic N) is 2. The van der Waals surface area contributed by atoms with E-state index in [2.05, 4.69) is 20.8 Å². The first kappa shape index (κ1) is 17.2. The van der Waals surface area contributed by atoms with Crippen molar-refractivity contribution in [2.45, 2.75) is 13.0 Å². The molecule has 0 aliphatic carbocycles. The number of anilines is 1. The Bertz CT molecular complexity index is 908. The Morgan fingerprint density at radius 3 is 2.62 bits per heavy atom. The van der Waals surface area contributed by atoms with Gasteiger partial charge in [-0.15, -0.1) is 0 Å². The largest absolute Gasteiger partial charge is 0.508 e. The van der Waals surface area contributed by atoms with E-state index in [1.165, 1.54) is 12.1 Å². The molecule has 0 bridgehead atoms. The number of phenolic OH excluding ortho intramolecular Hbond substituents is 1. The van der Waals surface area contributed by atoms with E-state index in [0.29, 0.717) is 17.9 Å². The summed E-state index contributed by atoms with van der Waals surface area (Å²) in [5.74, 6) is -1.03. The SMILES string of the molecule is O=C(NCc1nc(Cc2ccccc2)no1)C(=O)Nc1cccc(O)c1. The minimum Gasteiger partial charge on any atom is -0.508 e. The fraction of sp³-hybridized carbons (Fsp3) is 0.111. The van der Waals surface area contributed by atoms with Crippen LogP contribution in [-0.4, -0.2) is 27.1 Å². The van der Waals surface area contributed by atoms with Gasteiger partial charge in [0.2, 0.25) is 5.89 Å². The highest BCUT2D eigenvalue weighted by atomic mass is 16.5. The third kappa shape index (κ3) is 4.67. The molecule has 0 atom stereocenters. The normalized spacial score (nSPS) is 10.3. The lowest BCUT2D eigenvalue weighted by Gasteiger charge is -2.05. The fourth-order valence-electron chi connectivity index (χ4n) is 2.22. The maximum absolute atomic E-state index is 11.8. The van der Waals surface area contributed by atoms with Gasteiger partial charge in [0.05, 0.1) is 6.54 Å². The Kier molecular flexibility index (Phi) is 5.23. The van der Waals surface area contributed by atoms with Crippen molar-refractivity contribution in [3.05, 3.63) is 71.9 Å². The first-order valence-electron chi connectivity index (χ1n) is 7.84. The highest BCUT2D eigenvalue weighted by Gasteiger charge is 2.15. The van der Waals surface area contributed by atoms with Gasteiger partial charge in [0.15, 0.2) is 5.82 Å². The van der Waals surface area contributed by atoms with Gasteiger partial charge in [0.1, 0.15) is 5.75 Å². The van der Waals surface area contributed by atoms with Crippen LogP contribution in [0.2, 0.25) is 0 Å². The van der Waals surface area contributed by atoms with Crippen LogP contribution in [0, 0.1) is 0 Å². The summed E-state index contributed by atoms with van der Waals surface area (Å²) in [7, 11) is 0. The zero-order valence-electron chi connectivity index (χ0n) is 13.7. The zero-order valence-corrected chi connectivity index (χ0v) is 13.7. The molecule has 132 valence electrons. The van der Waals surface area contributed by atoms with E-state index >= 15 is 0 Å². The van der Waals surface area contributed by atoms with Crippen molar-refractivity contribution in [3.8, 4) is 5.75 Å². The quantitative estimate of drug-likeness (QED) is 0.601. The van der Waals surface area contributed by atoms with Crippen molar-refractivity contribution >= 4 is 17.5 Å². The summed E-state index contributed by atoms with van der Waals surface area (Å²) in [6.07, 6.45) is 0.510. The summed E-state index contributed by atoms with van der Waals surface area (Å²) in [6.45, 7) is -0.0614. The second kappa shape index (κ2) is 7.93. The maximum Gasteiger partial charge on any atom is 0.313 e.